The molecule has 122 valence electrons. The molecule has 0 atom stereocenters. The summed E-state index contributed by atoms with van der Waals surface area (Å²) in [6.45, 7) is 1.67. The molecule has 0 unspecified atom stereocenters. The Morgan fingerprint density at radius 2 is 1.92 bits per heavy atom. The highest BCUT2D eigenvalue weighted by atomic mass is 32.1. The molecule has 0 radical (unpaired) electrons. The molecule has 4 heterocycles. The van der Waals surface area contributed by atoms with Crippen molar-refractivity contribution in [3.63, 3.8) is 0 Å². The summed E-state index contributed by atoms with van der Waals surface area (Å²) in [5.41, 5.74) is 3.88. The van der Waals surface area contributed by atoms with E-state index < -0.39 is 0 Å². The predicted molar refractivity (Wildman–Crippen MR) is 101 cm³/mol. The molecule has 3 aromatic heterocycles. The van der Waals surface area contributed by atoms with E-state index >= 15 is 0 Å². The number of hydrogen-bond donors (Lipinski definition) is 1. The van der Waals surface area contributed by atoms with Crippen molar-refractivity contribution in [2.24, 2.45) is 4.99 Å². The maximum atomic E-state index is 4.83. The molecule has 5 nitrogen and oxygen atoms in total. The van der Waals surface area contributed by atoms with Crippen LogP contribution < -0.4 is 5.32 Å². The van der Waals surface area contributed by atoms with Gasteiger partial charge in [-0.25, -0.2) is 9.50 Å². The van der Waals surface area contributed by atoms with E-state index in [0.717, 1.165) is 47.2 Å². The number of rotatable bonds is 3. The first-order chi connectivity index (χ1) is 12.4. The normalized spacial score (nSPS) is 13.8. The summed E-state index contributed by atoms with van der Waals surface area (Å²) < 4.78 is 1.94. The number of nitrogens with zero attached hydrogens (tertiary/aromatic N) is 4. The Balaban J connectivity index is 1.77. The van der Waals surface area contributed by atoms with Gasteiger partial charge in [0.2, 0.25) is 0 Å². The Labute approximate surface area is 148 Å². The summed E-state index contributed by atoms with van der Waals surface area (Å²) in [4.78, 5) is 10.6. The number of thiophene rings is 1. The van der Waals surface area contributed by atoms with Crippen LogP contribution in [0.1, 0.15) is 5.56 Å². The molecule has 1 aliphatic heterocycles. The number of nitrogens with one attached hydrogen (secondary N) is 1. The van der Waals surface area contributed by atoms with Gasteiger partial charge in [-0.05, 0) is 23.6 Å². The van der Waals surface area contributed by atoms with Gasteiger partial charge in [0.1, 0.15) is 5.84 Å². The molecule has 1 aliphatic rings. The van der Waals surface area contributed by atoms with Gasteiger partial charge in [-0.3, -0.25) is 4.99 Å². The highest BCUT2D eigenvalue weighted by Gasteiger charge is 2.18. The molecule has 0 amide bonds. The average Bonchev–Trinajstić information content (AvgIpc) is 3.42. The van der Waals surface area contributed by atoms with Crippen molar-refractivity contribution in [2.75, 3.05) is 13.1 Å². The first-order valence-corrected chi connectivity index (χ1v) is 9.06. The maximum Gasteiger partial charge on any atom is 0.182 e. The van der Waals surface area contributed by atoms with Crippen LogP contribution in [-0.4, -0.2) is 33.5 Å². The zero-order valence-electron chi connectivity index (χ0n) is 13.4. The predicted octanol–water partition coefficient (Wildman–Crippen LogP) is 3.47. The minimum Gasteiger partial charge on any atom is -0.368 e. The number of benzene rings is 1. The largest absolute Gasteiger partial charge is 0.368 e. The van der Waals surface area contributed by atoms with Gasteiger partial charge in [-0.1, -0.05) is 36.4 Å². The lowest BCUT2D eigenvalue weighted by Crippen LogP contribution is -2.20. The molecule has 1 aromatic carbocycles. The second-order valence-corrected chi connectivity index (χ2v) is 6.75. The van der Waals surface area contributed by atoms with E-state index in [1.54, 1.807) is 11.3 Å². The Morgan fingerprint density at radius 3 is 2.68 bits per heavy atom. The van der Waals surface area contributed by atoms with Gasteiger partial charge in [0.25, 0.3) is 0 Å². The molecule has 25 heavy (non-hydrogen) atoms. The smallest absolute Gasteiger partial charge is 0.182 e. The zero-order valence-corrected chi connectivity index (χ0v) is 14.2. The lowest BCUT2D eigenvalue weighted by atomic mass is 10.2. The van der Waals surface area contributed by atoms with Gasteiger partial charge in [0.05, 0.1) is 22.7 Å². The summed E-state index contributed by atoms with van der Waals surface area (Å²) in [6, 6.07) is 18.4. The van der Waals surface area contributed by atoms with E-state index in [2.05, 4.69) is 40.0 Å². The Hall–Kier alpha value is -2.99. The highest BCUT2D eigenvalue weighted by Crippen LogP contribution is 2.28. The standard InChI is InChI=1S/C19H15N5S/c1-2-5-13(6-3-1)17-22-19-14(18-20-10-11-21-18)8-9-15(24(19)23-17)16-7-4-12-25-16/h1-9,12H,10-11H2,(H,20,21). The Bertz CT molecular complexity index is 1060. The molecular weight excluding hydrogens is 330 g/mol. The van der Waals surface area contributed by atoms with Crippen LogP contribution >= 0.6 is 11.3 Å². The van der Waals surface area contributed by atoms with Crippen molar-refractivity contribution in [3.05, 3.63) is 65.5 Å². The van der Waals surface area contributed by atoms with Gasteiger partial charge < -0.3 is 5.32 Å². The summed E-state index contributed by atoms with van der Waals surface area (Å²) in [5.74, 6) is 1.62. The summed E-state index contributed by atoms with van der Waals surface area (Å²) in [5, 5.41) is 10.2. The second kappa shape index (κ2) is 5.82. The van der Waals surface area contributed by atoms with E-state index in [1.807, 2.05) is 34.8 Å². The van der Waals surface area contributed by atoms with Crippen molar-refractivity contribution in [3.8, 4) is 22.0 Å². The molecule has 0 bridgehead atoms. The monoisotopic (exact) mass is 345 g/mol. The first-order valence-electron chi connectivity index (χ1n) is 8.18. The molecule has 5 rings (SSSR count). The van der Waals surface area contributed by atoms with Crippen LogP contribution in [0.15, 0.2) is 65.0 Å². The average molecular weight is 345 g/mol. The quantitative estimate of drug-likeness (QED) is 0.618. The van der Waals surface area contributed by atoms with Crippen LogP contribution in [0.3, 0.4) is 0 Å². The Morgan fingerprint density at radius 1 is 1.00 bits per heavy atom. The highest BCUT2D eigenvalue weighted by molar-refractivity contribution is 7.13. The van der Waals surface area contributed by atoms with Gasteiger partial charge in [-0.2, -0.15) is 0 Å². The van der Waals surface area contributed by atoms with Crippen molar-refractivity contribution >= 4 is 22.8 Å². The number of hydrogen-bond acceptors (Lipinski definition) is 5. The van der Waals surface area contributed by atoms with E-state index in [9.17, 15) is 0 Å². The van der Waals surface area contributed by atoms with Crippen LogP contribution in [0.5, 0.6) is 0 Å². The van der Waals surface area contributed by atoms with Gasteiger partial charge in [0.15, 0.2) is 11.5 Å². The molecule has 0 saturated heterocycles. The van der Waals surface area contributed by atoms with E-state index in [1.165, 1.54) is 4.88 Å². The van der Waals surface area contributed by atoms with Crippen molar-refractivity contribution in [2.45, 2.75) is 0 Å². The van der Waals surface area contributed by atoms with Crippen LogP contribution in [-0.2, 0) is 0 Å². The number of aromatic nitrogens is 3. The summed E-state index contributed by atoms with van der Waals surface area (Å²) in [7, 11) is 0. The molecule has 0 fully saturated rings. The number of pyridine rings is 1. The first kappa shape index (κ1) is 14.4. The van der Waals surface area contributed by atoms with E-state index in [4.69, 9.17) is 10.1 Å². The topological polar surface area (TPSA) is 54.6 Å². The van der Waals surface area contributed by atoms with E-state index in [0.29, 0.717) is 0 Å². The minimum atomic E-state index is 0.726. The third kappa shape index (κ3) is 2.42. The third-order valence-corrected chi connectivity index (χ3v) is 5.11. The second-order valence-electron chi connectivity index (χ2n) is 5.80. The third-order valence-electron chi connectivity index (χ3n) is 4.22. The van der Waals surface area contributed by atoms with Crippen molar-refractivity contribution < 1.29 is 0 Å². The van der Waals surface area contributed by atoms with Crippen LogP contribution in [0.2, 0.25) is 0 Å². The molecule has 0 aliphatic carbocycles. The van der Waals surface area contributed by atoms with Gasteiger partial charge >= 0.3 is 0 Å². The lowest BCUT2D eigenvalue weighted by Gasteiger charge is -2.07. The van der Waals surface area contributed by atoms with Crippen LogP contribution in [0.4, 0.5) is 0 Å². The maximum absolute atomic E-state index is 4.83. The fourth-order valence-corrected chi connectivity index (χ4v) is 3.78. The Kier molecular flexibility index (Phi) is 3.34. The SMILES string of the molecule is c1ccc(-c2nc3c(C4=NCCN4)ccc(-c4cccs4)n3n2)cc1. The lowest BCUT2D eigenvalue weighted by molar-refractivity contribution is 0.956. The summed E-state index contributed by atoms with van der Waals surface area (Å²) >= 11 is 1.70. The minimum absolute atomic E-state index is 0.726. The summed E-state index contributed by atoms with van der Waals surface area (Å²) in [6.07, 6.45) is 0. The molecule has 1 N–H and O–H groups in total. The van der Waals surface area contributed by atoms with Gasteiger partial charge in [0, 0.05) is 12.1 Å². The van der Waals surface area contributed by atoms with Crippen molar-refractivity contribution in [1.82, 2.24) is 19.9 Å². The molecule has 6 heteroatoms. The van der Waals surface area contributed by atoms with Gasteiger partial charge in [-0.15, -0.1) is 16.4 Å². The zero-order chi connectivity index (χ0) is 16.6. The molecule has 4 aromatic rings. The molecule has 0 spiro atoms. The van der Waals surface area contributed by atoms with Crippen LogP contribution in [0, 0.1) is 0 Å². The van der Waals surface area contributed by atoms with E-state index in [-0.39, 0.29) is 0 Å². The molecule has 0 saturated carbocycles. The fraction of sp³-hybridized carbons (Fsp3) is 0.105. The molecular formula is C19H15N5S. The number of fused-ring (bicyclic) bond motifs is 1. The number of amidine groups is 1. The van der Waals surface area contributed by atoms with Crippen molar-refractivity contribution in [1.29, 1.82) is 0 Å². The number of aliphatic imine (C=N–C) groups is 1. The fourth-order valence-electron chi connectivity index (χ4n) is 3.05. The van der Waals surface area contributed by atoms with Crippen LogP contribution in [0.25, 0.3) is 27.6 Å².